The zero-order chi connectivity index (χ0) is 13.9. The van der Waals surface area contributed by atoms with Crippen molar-refractivity contribution in [3.05, 3.63) is 41.8 Å². The van der Waals surface area contributed by atoms with Gasteiger partial charge >= 0.3 is 0 Å². The summed E-state index contributed by atoms with van der Waals surface area (Å²) in [5, 5.41) is 5.75. The summed E-state index contributed by atoms with van der Waals surface area (Å²) >= 11 is 0. The minimum absolute atomic E-state index is 0.0141. The maximum absolute atomic E-state index is 13.6. The largest absolute Gasteiger partial charge is 0.488 e. The lowest BCUT2D eigenvalue weighted by Crippen LogP contribution is -2.25. The average molecular weight is 274 g/mol. The summed E-state index contributed by atoms with van der Waals surface area (Å²) < 4.78 is 19.4. The molecule has 20 heavy (non-hydrogen) atoms. The predicted molar refractivity (Wildman–Crippen MR) is 74.6 cm³/mol. The molecule has 0 fully saturated rings. The van der Waals surface area contributed by atoms with E-state index in [-0.39, 0.29) is 11.9 Å². The Balaban J connectivity index is 1.64. The third kappa shape index (κ3) is 2.49. The molecular formula is C14H15FN4O. The molecule has 5 nitrogen and oxygen atoms in total. The standard InChI is InChI=1S/C14H15FN4O/c1-16-14-18-8-11(15)13(19-14)17-7-10-6-9-4-2-3-5-12(9)20-10/h2-5,8,10H,6-7H2,1H3,(H2,16,17,18,19). The number of fused-ring (bicyclic) bond motifs is 1. The van der Waals surface area contributed by atoms with E-state index in [9.17, 15) is 4.39 Å². The molecule has 0 saturated carbocycles. The van der Waals surface area contributed by atoms with Gasteiger partial charge in [-0.25, -0.2) is 9.37 Å². The Labute approximate surface area is 116 Å². The lowest BCUT2D eigenvalue weighted by Gasteiger charge is -2.13. The van der Waals surface area contributed by atoms with Crippen molar-refractivity contribution in [3.63, 3.8) is 0 Å². The quantitative estimate of drug-likeness (QED) is 0.894. The number of rotatable bonds is 4. The Morgan fingerprint density at radius 1 is 1.40 bits per heavy atom. The molecule has 0 spiro atoms. The van der Waals surface area contributed by atoms with Gasteiger partial charge in [-0.1, -0.05) is 18.2 Å². The number of nitrogens with zero attached hydrogens (tertiary/aromatic N) is 2. The van der Waals surface area contributed by atoms with Crippen molar-refractivity contribution in [1.29, 1.82) is 0 Å². The van der Waals surface area contributed by atoms with E-state index in [4.69, 9.17) is 4.74 Å². The Kier molecular flexibility index (Phi) is 3.37. The Bertz CT molecular complexity index is 595. The van der Waals surface area contributed by atoms with Crippen LogP contribution in [0.25, 0.3) is 0 Å². The fourth-order valence-corrected chi connectivity index (χ4v) is 2.19. The van der Waals surface area contributed by atoms with Crippen molar-refractivity contribution in [2.45, 2.75) is 12.5 Å². The Morgan fingerprint density at radius 3 is 3.05 bits per heavy atom. The molecule has 1 aliphatic rings. The van der Waals surface area contributed by atoms with Gasteiger partial charge in [0.1, 0.15) is 11.9 Å². The summed E-state index contributed by atoms with van der Waals surface area (Å²) in [4.78, 5) is 7.84. The molecule has 0 radical (unpaired) electrons. The van der Waals surface area contributed by atoms with Gasteiger partial charge in [0.25, 0.3) is 0 Å². The second-order valence-electron chi connectivity index (χ2n) is 4.57. The highest BCUT2D eigenvalue weighted by atomic mass is 19.1. The van der Waals surface area contributed by atoms with Gasteiger partial charge in [-0.15, -0.1) is 0 Å². The second kappa shape index (κ2) is 5.32. The van der Waals surface area contributed by atoms with Crippen LogP contribution in [0.3, 0.4) is 0 Å². The minimum Gasteiger partial charge on any atom is -0.488 e. The molecule has 1 aromatic heterocycles. The van der Waals surface area contributed by atoms with Crippen molar-refractivity contribution >= 4 is 11.8 Å². The number of halogens is 1. The topological polar surface area (TPSA) is 59.1 Å². The van der Waals surface area contributed by atoms with Crippen molar-refractivity contribution in [1.82, 2.24) is 9.97 Å². The molecule has 2 heterocycles. The lowest BCUT2D eigenvalue weighted by molar-refractivity contribution is 0.246. The van der Waals surface area contributed by atoms with E-state index in [1.165, 1.54) is 5.56 Å². The highest BCUT2D eigenvalue weighted by Crippen LogP contribution is 2.28. The van der Waals surface area contributed by atoms with Gasteiger partial charge in [-0.3, -0.25) is 0 Å². The number of aromatic nitrogens is 2. The first kappa shape index (κ1) is 12.7. The van der Waals surface area contributed by atoms with Gasteiger partial charge in [0.05, 0.1) is 12.7 Å². The lowest BCUT2D eigenvalue weighted by atomic mass is 10.1. The van der Waals surface area contributed by atoms with Crippen LogP contribution in [-0.4, -0.2) is 29.7 Å². The molecule has 2 N–H and O–H groups in total. The van der Waals surface area contributed by atoms with Crippen LogP contribution in [-0.2, 0) is 6.42 Å². The van der Waals surface area contributed by atoms with Gasteiger partial charge < -0.3 is 15.4 Å². The maximum atomic E-state index is 13.6. The number of benzene rings is 1. The predicted octanol–water partition coefficient (Wildman–Crippen LogP) is 2.07. The number of para-hydroxylation sites is 1. The van der Waals surface area contributed by atoms with Gasteiger partial charge in [-0.2, -0.15) is 4.98 Å². The van der Waals surface area contributed by atoms with E-state index in [1.54, 1.807) is 7.05 Å². The van der Waals surface area contributed by atoms with Crippen LogP contribution in [0.5, 0.6) is 5.75 Å². The molecule has 1 aromatic carbocycles. The zero-order valence-electron chi connectivity index (χ0n) is 11.1. The normalized spacial score (nSPS) is 16.4. The highest BCUT2D eigenvalue weighted by Gasteiger charge is 2.22. The molecule has 0 aliphatic carbocycles. The summed E-state index contributed by atoms with van der Waals surface area (Å²) in [6.07, 6.45) is 1.94. The SMILES string of the molecule is CNc1ncc(F)c(NCC2Cc3ccccc3O2)n1. The van der Waals surface area contributed by atoms with Gasteiger partial charge in [0.15, 0.2) is 11.6 Å². The van der Waals surface area contributed by atoms with Crippen LogP contribution in [0.2, 0.25) is 0 Å². The second-order valence-corrected chi connectivity index (χ2v) is 4.57. The molecular weight excluding hydrogens is 259 g/mol. The van der Waals surface area contributed by atoms with E-state index in [0.717, 1.165) is 18.4 Å². The maximum Gasteiger partial charge on any atom is 0.224 e. The molecule has 1 aliphatic heterocycles. The van der Waals surface area contributed by atoms with Crippen LogP contribution in [0.4, 0.5) is 16.2 Å². The fourth-order valence-electron chi connectivity index (χ4n) is 2.19. The number of ether oxygens (including phenoxy) is 1. The molecule has 0 saturated heterocycles. The van der Waals surface area contributed by atoms with E-state index >= 15 is 0 Å². The molecule has 1 unspecified atom stereocenters. The first-order valence-corrected chi connectivity index (χ1v) is 6.45. The molecule has 1 atom stereocenters. The van der Waals surface area contributed by atoms with Gasteiger partial charge in [0.2, 0.25) is 5.95 Å². The molecule has 0 amide bonds. The van der Waals surface area contributed by atoms with Gasteiger partial charge in [0, 0.05) is 13.5 Å². The summed E-state index contributed by atoms with van der Waals surface area (Å²) in [5.41, 5.74) is 1.18. The van der Waals surface area contributed by atoms with Gasteiger partial charge in [-0.05, 0) is 11.6 Å². The van der Waals surface area contributed by atoms with E-state index in [2.05, 4.69) is 20.6 Å². The van der Waals surface area contributed by atoms with Crippen LogP contribution < -0.4 is 15.4 Å². The van der Waals surface area contributed by atoms with E-state index < -0.39 is 5.82 Å². The molecule has 0 bridgehead atoms. The van der Waals surface area contributed by atoms with Crippen LogP contribution in [0.1, 0.15) is 5.56 Å². The minimum atomic E-state index is -0.473. The van der Waals surface area contributed by atoms with E-state index in [0.29, 0.717) is 12.5 Å². The van der Waals surface area contributed by atoms with Crippen molar-refractivity contribution < 1.29 is 9.13 Å². The fraction of sp³-hybridized carbons (Fsp3) is 0.286. The number of nitrogens with one attached hydrogen (secondary N) is 2. The Morgan fingerprint density at radius 2 is 2.25 bits per heavy atom. The van der Waals surface area contributed by atoms with Crippen molar-refractivity contribution in [3.8, 4) is 5.75 Å². The Hall–Kier alpha value is -2.37. The third-order valence-corrected chi connectivity index (χ3v) is 3.18. The molecule has 104 valence electrons. The molecule has 6 heteroatoms. The van der Waals surface area contributed by atoms with Crippen molar-refractivity contribution in [2.75, 3.05) is 24.2 Å². The summed E-state index contributed by atoms with van der Waals surface area (Å²) in [7, 11) is 1.69. The van der Waals surface area contributed by atoms with Crippen LogP contribution in [0, 0.1) is 5.82 Å². The monoisotopic (exact) mass is 274 g/mol. The summed E-state index contributed by atoms with van der Waals surface area (Å²) in [5.74, 6) is 0.992. The number of hydrogen-bond donors (Lipinski definition) is 2. The smallest absolute Gasteiger partial charge is 0.224 e. The first-order valence-electron chi connectivity index (χ1n) is 6.45. The molecule has 2 aromatic rings. The summed E-state index contributed by atoms with van der Waals surface area (Å²) in [6.45, 7) is 0.492. The molecule has 3 rings (SSSR count). The van der Waals surface area contributed by atoms with Crippen LogP contribution >= 0.6 is 0 Å². The third-order valence-electron chi connectivity index (χ3n) is 3.18. The number of anilines is 2. The first-order chi connectivity index (χ1) is 9.76. The number of hydrogen-bond acceptors (Lipinski definition) is 5. The highest BCUT2D eigenvalue weighted by molar-refractivity contribution is 5.42. The zero-order valence-corrected chi connectivity index (χ0v) is 11.1. The summed E-state index contributed by atoms with van der Waals surface area (Å²) in [6, 6.07) is 7.92. The van der Waals surface area contributed by atoms with Crippen LogP contribution in [0.15, 0.2) is 30.5 Å². The van der Waals surface area contributed by atoms with Crippen molar-refractivity contribution in [2.24, 2.45) is 0 Å². The van der Waals surface area contributed by atoms with E-state index in [1.807, 2.05) is 24.3 Å². The average Bonchev–Trinajstić information content (AvgIpc) is 2.89.